The summed E-state index contributed by atoms with van der Waals surface area (Å²) in [5, 5.41) is 9.71. The van der Waals surface area contributed by atoms with Crippen molar-refractivity contribution < 1.29 is 4.74 Å². The second kappa shape index (κ2) is 5.98. The predicted molar refractivity (Wildman–Crippen MR) is 61.4 cm³/mol. The van der Waals surface area contributed by atoms with Gasteiger partial charge in [0.25, 0.3) is 5.95 Å². The highest BCUT2D eigenvalue weighted by atomic mass is 16.5. The Morgan fingerprint density at radius 2 is 1.88 bits per heavy atom. The number of nitrogens with two attached hydrogens (primary N) is 2. The van der Waals surface area contributed by atoms with Gasteiger partial charge in [-0.2, -0.15) is 20.1 Å². The molecule has 0 aliphatic heterocycles. The number of hydrogen-bond acceptors (Lipinski definition) is 10. The summed E-state index contributed by atoms with van der Waals surface area (Å²) in [5.41, 5.74) is 0. The third-order valence-corrected chi connectivity index (χ3v) is 1.63. The molecule has 1 aromatic rings. The van der Waals surface area contributed by atoms with Crippen LogP contribution in [-0.4, -0.2) is 42.9 Å². The SMILES string of the molecule is CN=Nc1nc(N(C)N)nc(N(N)COC)n1. The first-order valence-corrected chi connectivity index (χ1v) is 4.64. The van der Waals surface area contributed by atoms with Crippen molar-refractivity contribution in [1.29, 1.82) is 0 Å². The fourth-order valence-electron chi connectivity index (χ4n) is 0.960. The molecule has 0 unspecified atom stereocenters. The lowest BCUT2D eigenvalue weighted by atomic mass is 10.8. The molecule has 1 heterocycles. The summed E-state index contributed by atoms with van der Waals surface area (Å²) in [4.78, 5) is 12.0. The normalized spacial score (nSPS) is 10.9. The molecule has 0 fully saturated rings. The third kappa shape index (κ3) is 3.55. The molecule has 0 atom stereocenters. The summed E-state index contributed by atoms with van der Waals surface area (Å²) in [7, 11) is 4.59. The van der Waals surface area contributed by atoms with Gasteiger partial charge in [-0.3, -0.25) is 10.0 Å². The molecule has 17 heavy (non-hydrogen) atoms. The van der Waals surface area contributed by atoms with E-state index in [4.69, 9.17) is 16.4 Å². The molecule has 4 N–H and O–H groups in total. The third-order valence-electron chi connectivity index (χ3n) is 1.63. The van der Waals surface area contributed by atoms with Crippen LogP contribution in [-0.2, 0) is 4.74 Å². The number of hydrogen-bond donors (Lipinski definition) is 2. The van der Waals surface area contributed by atoms with Gasteiger partial charge in [0.05, 0.1) is 0 Å². The first kappa shape index (κ1) is 13.2. The van der Waals surface area contributed by atoms with Crippen molar-refractivity contribution in [2.45, 2.75) is 0 Å². The van der Waals surface area contributed by atoms with Crippen molar-refractivity contribution in [2.24, 2.45) is 21.9 Å². The Bertz CT molecular complexity index is 393. The number of rotatable bonds is 5. The number of azo groups is 1. The molecule has 0 saturated carbocycles. The summed E-state index contributed by atoms with van der Waals surface area (Å²) in [5.74, 6) is 11.7. The zero-order chi connectivity index (χ0) is 12.8. The van der Waals surface area contributed by atoms with Gasteiger partial charge in [-0.05, 0) is 0 Å². The molecule has 0 bridgehead atoms. The van der Waals surface area contributed by atoms with Crippen LogP contribution < -0.4 is 21.7 Å². The van der Waals surface area contributed by atoms with Gasteiger partial charge in [0.2, 0.25) is 11.9 Å². The molecule has 0 aliphatic rings. The molecule has 0 saturated heterocycles. The zero-order valence-corrected chi connectivity index (χ0v) is 9.90. The topological polar surface area (TPSA) is 131 Å². The van der Waals surface area contributed by atoms with Crippen molar-refractivity contribution in [3.05, 3.63) is 0 Å². The van der Waals surface area contributed by atoms with Crippen molar-refractivity contribution >= 4 is 17.8 Å². The number of hydrazine groups is 2. The Morgan fingerprint density at radius 1 is 1.24 bits per heavy atom. The van der Waals surface area contributed by atoms with Crippen LogP contribution >= 0.6 is 0 Å². The molecule has 0 aliphatic carbocycles. The molecule has 0 amide bonds. The summed E-state index contributed by atoms with van der Waals surface area (Å²) < 4.78 is 4.86. The Hall–Kier alpha value is -1.91. The molecule has 0 radical (unpaired) electrons. The molecule has 10 heteroatoms. The van der Waals surface area contributed by atoms with Crippen LogP contribution in [0.25, 0.3) is 0 Å². The fraction of sp³-hybridized carbons (Fsp3) is 0.571. The highest BCUT2D eigenvalue weighted by Gasteiger charge is 2.11. The van der Waals surface area contributed by atoms with Crippen LogP contribution in [0.4, 0.5) is 17.8 Å². The van der Waals surface area contributed by atoms with E-state index in [1.165, 1.54) is 24.2 Å². The Kier molecular flexibility index (Phi) is 4.63. The largest absolute Gasteiger partial charge is 0.363 e. The highest BCUT2D eigenvalue weighted by Crippen LogP contribution is 2.14. The van der Waals surface area contributed by atoms with E-state index < -0.39 is 0 Å². The molecular formula is C7H15N9O. The van der Waals surface area contributed by atoms with Gasteiger partial charge in [-0.25, -0.2) is 11.7 Å². The first-order valence-electron chi connectivity index (χ1n) is 4.64. The number of aromatic nitrogens is 3. The smallest absolute Gasteiger partial charge is 0.275 e. The lowest BCUT2D eigenvalue weighted by Crippen LogP contribution is -2.35. The van der Waals surface area contributed by atoms with Crippen LogP contribution in [0.15, 0.2) is 10.2 Å². The van der Waals surface area contributed by atoms with Gasteiger partial charge in [0.1, 0.15) is 6.73 Å². The van der Waals surface area contributed by atoms with Gasteiger partial charge < -0.3 is 4.74 Å². The Labute approximate surface area is 98.3 Å². The monoisotopic (exact) mass is 241 g/mol. The second-order valence-corrected chi connectivity index (χ2v) is 3.03. The minimum Gasteiger partial charge on any atom is -0.363 e. The molecule has 1 aromatic heterocycles. The summed E-state index contributed by atoms with van der Waals surface area (Å²) in [6, 6.07) is 0. The maximum atomic E-state index is 5.66. The average Bonchev–Trinajstić information content (AvgIpc) is 2.29. The van der Waals surface area contributed by atoms with E-state index in [0.717, 1.165) is 0 Å². The number of methoxy groups -OCH3 is 1. The van der Waals surface area contributed by atoms with Crippen molar-refractivity contribution in [3.63, 3.8) is 0 Å². The maximum absolute atomic E-state index is 5.66. The van der Waals surface area contributed by atoms with Crippen LogP contribution in [0.5, 0.6) is 0 Å². The van der Waals surface area contributed by atoms with Gasteiger partial charge in [-0.1, -0.05) is 0 Å². The summed E-state index contributed by atoms with van der Waals surface area (Å²) >= 11 is 0. The van der Waals surface area contributed by atoms with Crippen molar-refractivity contribution in [1.82, 2.24) is 15.0 Å². The standard InChI is InChI=1S/C7H15N9O/c1-10-14-5-11-6(15(2)8)13-7(12-5)16(9)4-17-3/h4,8-9H2,1-3H3. The Morgan fingerprint density at radius 3 is 2.41 bits per heavy atom. The zero-order valence-electron chi connectivity index (χ0n) is 9.90. The van der Waals surface area contributed by atoms with Gasteiger partial charge in [-0.15, -0.1) is 5.11 Å². The molecule has 0 aromatic carbocycles. The maximum Gasteiger partial charge on any atom is 0.275 e. The summed E-state index contributed by atoms with van der Waals surface area (Å²) in [6.07, 6.45) is 0. The van der Waals surface area contributed by atoms with Gasteiger partial charge >= 0.3 is 0 Å². The van der Waals surface area contributed by atoms with Gasteiger partial charge in [0.15, 0.2) is 0 Å². The number of ether oxygens (including phenoxy) is 1. The van der Waals surface area contributed by atoms with E-state index in [-0.39, 0.29) is 24.6 Å². The van der Waals surface area contributed by atoms with Crippen LogP contribution in [0.2, 0.25) is 0 Å². The number of nitrogens with zero attached hydrogens (tertiary/aromatic N) is 7. The van der Waals surface area contributed by atoms with E-state index in [2.05, 4.69) is 25.2 Å². The van der Waals surface area contributed by atoms with Crippen molar-refractivity contribution in [2.75, 3.05) is 38.0 Å². The van der Waals surface area contributed by atoms with E-state index in [1.54, 1.807) is 7.05 Å². The molecule has 0 spiro atoms. The fourth-order valence-corrected chi connectivity index (χ4v) is 0.960. The van der Waals surface area contributed by atoms with E-state index in [0.29, 0.717) is 0 Å². The van der Waals surface area contributed by atoms with Crippen LogP contribution in [0.3, 0.4) is 0 Å². The lowest BCUT2D eigenvalue weighted by Gasteiger charge is -2.17. The molecule has 94 valence electrons. The van der Waals surface area contributed by atoms with E-state index in [1.807, 2.05) is 0 Å². The molecular weight excluding hydrogens is 226 g/mol. The van der Waals surface area contributed by atoms with Crippen LogP contribution in [0.1, 0.15) is 0 Å². The molecule has 10 nitrogen and oxygen atoms in total. The minimum atomic E-state index is 0.122. The second-order valence-electron chi connectivity index (χ2n) is 3.03. The lowest BCUT2D eigenvalue weighted by molar-refractivity contribution is 0.196. The highest BCUT2D eigenvalue weighted by molar-refractivity contribution is 5.40. The van der Waals surface area contributed by atoms with Crippen LogP contribution in [0, 0.1) is 0 Å². The first-order chi connectivity index (χ1) is 8.08. The van der Waals surface area contributed by atoms with E-state index >= 15 is 0 Å². The predicted octanol–water partition coefficient (Wildman–Crippen LogP) is -0.821. The quantitative estimate of drug-likeness (QED) is 0.296. The van der Waals surface area contributed by atoms with Gasteiger partial charge in [0, 0.05) is 21.2 Å². The summed E-state index contributed by atoms with van der Waals surface area (Å²) in [6.45, 7) is 0.125. The molecule has 1 rings (SSSR count). The Balaban J connectivity index is 3.11. The van der Waals surface area contributed by atoms with E-state index in [9.17, 15) is 0 Å². The minimum absolute atomic E-state index is 0.122. The number of anilines is 2. The average molecular weight is 241 g/mol. The van der Waals surface area contributed by atoms with Crippen molar-refractivity contribution in [3.8, 4) is 0 Å².